The Balaban J connectivity index is 2.08. The van der Waals surface area contributed by atoms with Crippen LogP contribution in [0.2, 0.25) is 0 Å². The highest BCUT2D eigenvalue weighted by atomic mass is 32.2. The SMILES string of the molecule is Nc1cccc(SCc2cccc(C(F)(F)F)c2)c1. The molecule has 2 aromatic rings. The summed E-state index contributed by atoms with van der Waals surface area (Å²) in [5.41, 5.74) is 6.32. The quantitative estimate of drug-likeness (QED) is 0.659. The minimum atomic E-state index is -4.29. The van der Waals surface area contributed by atoms with Crippen LogP contribution in [0.4, 0.5) is 18.9 Å². The first-order chi connectivity index (χ1) is 8.95. The number of alkyl halides is 3. The molecule has 0 aliphatic carbocycles. The van der Waals surface area contributed by atoms with Gasteiger partial charge in [-0.1, -0.05) is 24.3 Å². The number of rotatable bonds is 3. The molecule has 0 saturated carbocycles. The Morgan fingerprint density at radius 1 is 1.00 bits per heavy atom. The maximum atomic E-state index is 12.6. The lowest BCUT2D eigenvalue weighted by molar-refractivity contribution is -0.137. The summed E-state index contributed by atoms with van der Waals surface area (Å²) in [6.45, 7) is 0. The van der Waals surface area contributed by atoms with Crippen LogP contribution in [0.25, 0.3) is 0 Å². The molecule has 1 nitrogen and oxygen atoms in total. The van der Waals surface area contributed by atoms with Crippen LogP contribution in [0, 0.1) is 0 Å². The lowest BCUT2D eigenvalue weighted by atomic mass is 10.1. The van der Waals surface area contributed by atoms with Crippen molar-refractivity contribution in [1.82, 2.24) is 0 Å². The highest BCUT2D eigenvalue weighted by molar-refractivity contribution is 7.98. The summed E-state index contributed by atoms with van der Waals surface area (Å²) < 4.78 is 37.7. The fourth-order valence-electron chi connectivity index (χ4n) is 1.61. The fourth-order valence-corrected chi connectivity index (χ4v) is 2.52. The van der Waals surface area contributed by atoms with Crippen LogP contribution in [0.1, 0.15) is 11.1 Å². The van der Waals surface area contributed by atoms with Crippen molar-refractivity contribution in [3.8, 4) is 0 Å². The lowest BCUT2D eigenvalue weighted by Gasteiger charge is -2.08. The molecule has 5 heteroatoms. The van der Waals surface area contributed by atoms with Crippen LogP contribution in [0.15, 0.2) is 53.4 Å². The zero-order valence-electron chi connectivity index (χ0n) is 9.95. The van der Waals surface area contributed by atoms with E-state index < -0.39 is 11.7 Å². The van der Waals surface area contributed by atoms with Crippen molar-refractivity contribution in [2.45, 2.75) is 16.8 Å². The van der Waals surface area contributed by atoms with Crippen molar-refractivity contribution in [2.24, 2.45) is 0 Å². The maximum Gasteiger partial charge on any atom is 0.416 e. The summed E-state index contributed by atoms with van der Waals surface area (Å²) in [5, 5.41) is 0. The van der Waals surface area contributed by atoms with Gasteiger partial charge in [0.2, 0.25) is 0 Å². The van der Waals surface area contributed by atoms with Gasteiger partial charge in [-0.3, -0.25) is 0 Å². The highest BCUT2D eigenvalue weighted by Crippen LogP contribution is 2.31. The molecule has 2 rings (SSSR count). The first-order valence-corrected chi connectivity index (χ1v) is 6.58. The molecule has 0 bridgehead atoms. The summed E-state index contributed by atoms with van der Waals surface area (Å²) in [6.07, 6.45) is -4.29. The second-order valence-corrected chi connectivity index (χ2v) is 5.11. The molecular weight excluding hydrogens is 271 g/mol. The normalized spacial score (nSPS) is 11.5. The van der Waals surface area contributed by atoms with Crippen molar-refractivity contribution in [3.05, 3.63) is 59.7 Å². The number of hydrogen-bond donors (Lipinski definition) is 1. The Hall–Kier alpha value is -1.62. The van der Waals surface area contributed by atoms with Crippen molar-refractivity contribution in [2.75, 3.05) is 5.73 Å². The predicted octanol–water partition coefficient (Wildman–Crippen LogP) is 4.58. The van der Waals surface area contributed by atoms with E-state index in [9.17, 15) is 13.2 Å². The van der Waals surface area contributed by atoms with Gasteiger partial charge in [0.15, 0.2) is 0 Å². The number of hydrogen-bond acceptors (Lipinski definition) is 2. The minimum Gasteiger partial charge on any atom is -0.399 e. The second kappa shape index (κ2) is 5.57. The van der Waals surface area contributed by atoms with E-state index in [4.69, 9.17) is 5.73 Å². The first kappa shape index (κ1) is 13.8. The fraction of sp³-hybridized carbons (Fsp3) is 0.143. The van der Waals surface area contributed by atoms with E-state index >= 15 is 0 Å². The van der Waals surface area contributed by atoms with Gasteiger partial charge >= 0.3 is 6.18 Å². The predicted molar refractivity (Wildman–Crippen MR) is 71.9 cm³/mol. The van der Waals surface area contributed by atoms with Gasteiger partial charge in [-0.15, -0.1) is 11.8 Å². The van der Waals surface area contributed by atoms with Gasteiger partial charge in [0, 0.05) is 16.3 Å². The zero-order valence-corrected chi connectivity index (χ0v) is 10.8. The van der Waals surface area contributed by atoms with Gasteiger partial charge in [-0.05, 0) is 29.8 Å². The molecule has 0 unspecified atom stereocenters. The molecule has 2 aromatic carbocycles. The molecule has 0 heterocycles. The van der Waals surface area contributed by atoms with E-state index in [2.05, 4.69) is 0 Å². The third kappa shape index (κ3) is 3.92. The largest absolute Gasteiger partial charge is 0.416 e. The van der Waals surface area contributed by atoms with E-state index in [1.165, 1.54) is 23.9 Å². The monoisotopic (exact) mass is 283 g/mol. The second-order valence-electron chi connectivity index (χ2n) is 4.06. The van der Waals surface area contributed by atoms with Crippen molar-refractivity contribution in [1.29, 1.82) is 0 Å². The molecule has 2 N–H and O–H groups in total. The molecule has 0 saturated heterocycles. The lowest BCUT2D eigenvalue weighted by Crippen LogP contribution is -2.04. The van der Waals surface area contributed by atoms with Crippen LogP contribution in [-0.2, 0) is 11.9 Å². The standard InChI is InChI=1S/C14H12F3NS/c15-14(16,17)11-4-1-3-10(7-11)9-19-13-6-2-5-12(18)8-13/h1-8H,9,18H2. The molecular formula is C14H12F3NS. The third-order valence-electron chi connectivity index (χ3n) is 2.52. The Morgan fingerprint density at radius 2 is 1.74 bits per heavy atom. The van der Waals surface area contributed by atoms with Gasteiger partial charge in [-0.2, -0.15) is 13.2 Å². The summed E-state index contributed by atoms with van der Waals surface area (Å²) >= 11 is 1.46. The van der Waals surface area contributed by atoms with Gasteiger partial charge < -0.3 is 5.73 Å². The van der Waals surface area contributed by atoms with Crippen molar-refractivity contribution < 1.29 is 13.2 Å². The summed E-state index contributed by atoms with van der Waals surface area (Å²) in [6, 6.07) is 12.7. The van der Waals surface area contributed by atoms with Crippen molar-refractivity contribution >= 4 is 17.4 Å². The van der Waals surface area contributed by atoms with E-state index in [1.54, 1.807) is 18.2 Å². The number of anilines is 1. The van der Waals surface area contributed by atoms with Crippen LogP contribution in [0.5, 0.6) is 0 Å². The van der Waals surface area contributed by atoms with Crippen LogP contribution in [0.3, 0.4) is 0 Å². The van der Waals surface area contributed by atoms with E-state index in [1.807, 2.05) is 12.1 Å². The molecule has 0 radical (unpaired) electrons. The van der Waals surface area contributed by atoms with Gasteiger partial charge in [0.05, 0.1) is 5.56 Å². The minimum absolute atomic E-state index is 0.480. The molecule has 0 spiro atoms. The summed E-state index contributed by atoms with van der Waals surface area (Å²) in [5.74, 6) is 0.480. The van der Waals surface area contributed by atoms with Crippen LogP contribution >= 0.6 is 11.8 Å². The Kier molecular flexibility index (Phi) is 4.04. The maximum absolute atomic E-state index is 12.6. The number of thioether (sulfide) groups is 1. The van der Waals surface area contributed by atoms with E-state index in [0.717, 1.165) is 11.0 Å². The van der Waals surface area contributed by atoms with E-state index in [-0.39, 0.29) is 0 Å². The Labute approximate surface area is 113 Å². The first-order valence-electron chi connectivity index (χ1n) is 5.59. The molecule has 0 fully saturated rings. The molecule has 100 valence electrons. The van der Waals surface area contributed by atoms with Gasteiger partial charge in [0.25, 0.3) is 0 Å². The molecule has 0 aliphatic rings. The average Bonchev–Trinajstić information content (AvgIpc) is 2.36. The number of halogens is 3. The average molecular weight is 283 g/mol. The summed E-state index contributed by atoms with van der Waals surface area (Å²) in [7, 11) is 0. The third-order valence-corrected chi connectivity index (χ3v) is 3.58. The van der Waals surface area contributed by atoms with Crippen molar-refractivity contribution in [3.63, 3.8) is 0 Å². The van der Waals surface area contributed by atoms with Gasteiger partial charge in [-0.25, -0.2) is 0 Å². The number of benzene rings is 2. The Bertz CT molecular complexity index is 567. The van der Waals surface area contributed by atoms with E-state index in [0.29, 0.717) is 17.0 Å². The highest BCUT2D eigenvalue weighted by Gasteiger charge is 2.30. The molecule has 0 amide bonds. The Morgan fingerprint density at radius 3 is 2.42 bits per heavy atom. The number of nitrogen functional groups attached to an aromatic ring is 1. The molecule has 0 aliphatic heterocycles. The van der Waals surface area contributed by atoms with Gasteiger partial charge in [0.1, 0.15) is 0 Å². The smallest absolute Gasteiger partial charge is 0.399 e. The van der Waals surface area contributed by atoms with Crippen LogP contribution < -0.4 is 5.73 Å². The molecule has 0 atom stereocenters. The number of nitrogens with two attached hydrogens (primary N) is 1. The molecule has 19 heavy (non-hydrogen) atoms. The molecule has 0 aromatic heterocycles. The van der Waals surface area contributed by atoms with Crippen LogP contribution in [-0.4, -0.2) is 0 Å². The summed E-state index contributed by atoms with van der Waals surface area (Å²) in [4.78, 5) is 0.942. The topological polar surface area (TPSA) is 26.0 Å². The zero-order chi connectivity index (χ0) is 13.9.